The van der Waals surface area contributed by atoms with Crippen molar-refractivity contribution in [3.8, 4) is 17.1 Å². The van der Waals surface area contributed by atoms with E-state index in [1.165, 1.54) is 24.1 Å². The second-order valence-corrected chi connectivity index (χ2v) is 7.37. The first-order valence-corrected chi connectivity index (χ1v) is 10.2. The third kappa shape index (κ3) is 4.65. The number of rotatable bonds is 7. The van der Waals surface area contributed by atoms with Crippen molar-refractivity contribution < 1.29 is 9.53 Å². The Bertz CT molecular complexity index is 982. The summed E-state index contributed by atoms with van der Waals surface area (Å²) in [5.41, 5.74) is 5.59. The van der Waals surface area contributed by atoms with E-state index in [4.69, 9.17) is 9.84 Å². The summed E-state index contributed by atoms with van der Waals surface area (Å²) in [7, 11) is 0. The fourth-order valence-electron chi connectivity index (χ4n) is 3.77. The minimum atomic E-state index is -0.127. The number of carbonyl (C=O) groups is 1. The first-order chi connectivity index (χ1) is 14.2. The number of ether oxygens (including phenoxy) is 1. The Kier molecular flexibility index (Phi) is 5.89. The molecule has 0 atom stereocenters. The predicted octanol–water partition coefficient (Wildman–Crippen LogP) is 3.33. The van der Waals surface area contributed by atoms with Crippen LogP contribution < -0.4 is 10.1 Å². The van der Waals surface area contributed by atoms with Gasteiger partial charge in [-0.2, -0.15) is 5.10 Å². The van der Waals surface area contributed by atoms with Gasteiger partial charge in [0.2, 0.25) is 0 Å². The van der Waals surface area contributed by atoms with E-state index in [1.54, 1.807) is 6.20 Å². The van der Waals surface area contributed by atoms with E-state index in [2.05, 4.69) is 10.3 Å². The Morgan fingerprint density at radius 3 is 2.90 bits per heavy atom. The van der Waals surface area contributed by atoms with Crippen molar-refractivity contribution in [2.24, 2.45) is 0 Å². The van der Waals surface area contributed by atoms with Gasteiger partial charge in [0.05, 0.1) is 12.2 Å². The first-order valence-electron chi connectivity index (χ1n) is 10.2. The lowest BCUT2D eigenvalue weighted by Gasteiger charge is -2.14. The van der Waals surface area contributed by atoms with Crippen LogP contribution in [0.1, 0.15) is 29.7 Å². The molecular formula is C23H26N4O2. The third-order valence-corrected chi connectivity index (χ3v) is 5.17. The van der Waals surface area contributed by atoms with Gasteiger partial charge in [0.1, 0.15) is 11.4 Å². The van der Waals surface area contributed by atoms with Crippen molar-refractivity contribution >= 4 is 5.91 Å². The van der Waals surface area contributed by atoms with Crippen LogP contribution in [-0.2, 0) is 24.2 Å². The molecule has 29 heavy (non-hydrogen) atoms. The summed E-state index contributed by atoms with van der Waals surface area (Å²) in [5, 5.41) is 7.77. The van der Waals surface area contributed by atoms with Gasteiger partial charge >= 0.3 is 0 Å². The third-order valence-electron chi connectivity index (χ3n) is 5.17. The number of nitrogens with zero attached hydrogens (tertiary/aromatic N) is 3. The lowest BCUT2D eigenvalue weighted by Crippen LogP contribution is -2.32. The van der Waals surface area contributed by atoms with Crippen LogP contribution in [-0.4, -0.2) is 33.8 Å². The number of carbonyl (C=O) groups excluding carboxylic acids is 1. The average Bonchev–Trinajstić information content (AvgIpc) is 3.12. The van der Waals surface area contributed by atoms with Crippen molar-refractivity contribution in [2.45, 2.75) is 39.2 Å². The standard InChI is InChI=1S/C23H26N4O2/c1-17-7-6-8-18(15-17)29-16-22(28)25-13-14-27-21-11-3-2-9-19(21)23(26-27)20-10-4-5-12-24-20/h4-8,10,12,15H,2-3,9,11,13-14,16H2,1H3,(H,25,28). The van der Waals surface area contributed by atoms with E-state index in [1.807, 2.05) is 54.1 Å². The molecule has 150 valence electrons. The normalized spacial score (nSPS) is 13.0. The summed E-state index contributed by atoms with van der Waals surface area (Å²) >= 11 is 0. The highest BCUT2D eigenvalue weighted by Crippen LogP contribution is 2.30. The van der Waals surface area contributed by atoms with E-state index < -0.39 is 0 Å². The van der Waals surface area contributed by atoms with E-state index in [0.29, 0.717) is 18.8 Å². The van der Waals surface area contributed by atoms with Gasteiger partial charge < -0.3 is 10.1 Å². The number of hydrogen-bond acceptors (Lipinski definition) is 4. The fraction of sp³-hybridized carbons (Fsp3) is 0.348. The maximum absolute atomic E-state index is 12.1. The largest absolute Gasteiger partial charge is 0.484 e. The van der Waals surface area contributed by atoms with Crippen LogP contribution in [0.2, 0.25) is 0 Å². The van der Waals surface area contributed by atoms with Crippen LogP contribution in [0.25, 0.3) is 11.4 Å². The lowest BCUT2D eigenvalue weighted by atomic mass is 9.95. The van der Waals surface area contributed by atoms with Gasteiger partial charge in [-0.3, -0.25) is 14.5 Å². The minimum Gasteiger partial charge on any atom is -0.484 e. The number of fused-ring (bicyclic) bond motifs is 1. The monoisotopic (exact) mass is 390 g/mol. The highest BCUT2D eigenvalue weighted by Gasteiger charge is 2.22. The number of aromatic nitrogens is 3. The summed E-state index contributed by atoms with van der Waals surface area (Å²) in [6.45, 7) is 3.17. The molecule has 0 saturated heterocycles. The van der Waals surface area contributed by atoms with Crippen LogP contribution >= 0.6 is 0 Å². The topological polar surface area (TPSA) is 69.0 Å². The van der Waals surface area contributed by atoms with Gasteiger partial charge in [0.25, 0.3) is 5.91 Å². The van der Waals surface area contributed by atoms with Crippen molar-refractivity contribution in [3.63, 3.8) is 0 Å². The molecule has 0 bridgehead atoms. The maximum atomic E-state index is 12.1. The molecule has 0 radical (unpaired) electrons. The van der Waals surface area contributed by atoms with E-state index in [-0.39, 0.29) is 12.5 Å². The SMILES string of the molecule is Cc1cccc(OCC(=O)NCCn2nc(-c3ccccn3)c3c2CCCC3)c1. The molecule has 0 aliphatic heterocycles. The smallest absolute Gasteiger partial charge is 0.258 e. The minimum absolute atomic E-state index is 0.0137. The van der Waals surface area contributed by atoms with Crippen molar-refractivity contribution in [1.29, 1.82) is 0 Å². The van der Waals surface area contributed by atoms with Crippen LogP contribution in [0.5, 0.6) is 5.75 Å². The Hall–Kier alpha value is -3.15. The van der Waals surface area contributed by atoms with Crippen LogP contribution in [0.4, 0.5) is 0 Å². The second-order valence-electron chi connectivity index (χ2n) is 7.37. The zero-order valence-corrected chi connectivity index (χ0v) is 16.7. The summed E-state index contributed by atoms with van der Waals surface area (Å²) in [6, 6.07) is 13.6. The average molecular weight is 390 g/mol. The van der Waals surface area contributed by atoms with Gasteiger partial charge in [-0.15, -0.1) is 0 Å². The molecule has 1 aromatic carbocycles. The molecular weight excluding hydrogens is 364 g/mol. The number of hydrogen-bond donors (Lipinski definition) is 1. The number of nitrogens with one attached hydrogen (secondary N) is 1. The van der Waals surface area contributed by atoms with Crippen LogP contribution in [0, 0.1) is 6.92 Å². The summed E-state index contributed by atoms with van der Waals surface area (Å²) in [5.74, 6) is 0.582. The van der Waals surface area contributed by atoms with Gasteiger partial charge in [-0.25, -0.2) is 0 Å². The molecule has 3 aromatic rings. The summed E-state index contributed by atoms with van der Waals surface area (Å²) < 4.78 is 7.60. The molecule has 0 fully saturated rings. The number of benzene rings is 1. The summed E-state index contributed by atoms with van der Waals surface area (Å²) in [4.78, 5) is 16.6. The maximum Gasteiger partial charge on any atom is 0.258 e. The van der Waals surface area contributed by atoms with Crippen molar-refractivity contribution in [3.05, 3.63) is 65.5 Å². The van der Waals surface area contributed by atoms with E-state index >= 15 is 0 Å². The molecule has 2 heterocycles. The Labute approximate surface area is 170 Å². The molecule has 2 aromatic heterocycles. The van der Waals surface area contributed by atoms with Crippen molar-refractivity contribution in [2.75, 3.05) is 13.2 Å². The summed E-state index contributed by atoms with van der Waals surface area (Å²) in [6.07, 6.45) is 6.23. The Balaban J connectivity index is 1.36. The zero-order chi connectivity index (χ0) is 20.1. The Morgan fingerprint density at radius 2 is 2.07 bits per heavy atom. The molecule has 6 nitrogen and oxygen atoms in total. The van der Waals surface area contributed by atoms with Crippen LogP contribution in [0.3, 0.4) is 0 Å². The highest BCUT2D eigenvalue weighted by atomic mass is 16.5. The number of pyridine rings is 1. The van der Waals surface area contributed by atoms with Gasteiger partial charge in [-0.05, 0) is 62.4 Å². The highest BCUT2D eigenvalue weighted by molar-refractivity contribution is 5.77. The quantitative estimate of drug-likeness (QED) is 0.672. The molecule has 4 rings (SSSR count). The lowest BCUT2D eigenvalue weighted by molar-refractivity contribution is -0.123. The molecule has 1 amide bonds. The van der Waals surface area contributed by atoms with Crippen LogP contribution in [0.15, 0.2) is 48.7 Å². The molecule has 0 spiro atoms. The molecule has 0 unspecified atom stereocenters. The molecule has 1 N–H and O–H groups in total. The molecule has 6 heteroatoms. The number of aryl methyl sites for hydroxylation is 1. The predicted molar refractivity (Wildman–Crippen MR) is 112 cm³/mol. The fourth-order valence-corrected chi connectivity index (χ4v) is 3.77. The van der Waals surface area contributed by atoms with Gasteiger partial charge in [0.15, 0.2) is 6.61 Å². The van der Waals surface area contributed by atoms with E-state index in [0.717, 1.165) is 29.8 Å². The zero-order valence-electron chi connectivity index (χ0n) is 16.7. The van der Waals surface area contributed by atoms with Gasteiger partial charge in [0, 0.05) is 24.0 Å². The molecule has 1 aliphatic rings. The van der Waals surface area contributed by atoms with E-state index in [9.17, 15) is 4.79 Å². The van der Waals surface area contributed by atoms with Crippen molar-refractivity contribution in [1.82, 2.24) is 20.1 Å². The molecule has 1 aliphatic carbocycles. The first kappa shape index (κ1) is 19.2. The second kappa shape index (κ2) is 8.90. The van der Waals surface area contributed by atoms with Gasteiger partial charge in [-0.1, -0.05) is 18.2 Å². The molecule has 0 saturated carbocycles. The number of amides is 1. The Morgan fingerprint density at radius 1 is 1.17 bits per heavy atom.